The van der Waals surface area contributed by atoms with Gasteiger partial charge in [0, 0.05) is 5.56 Å². The largest absolute Gasteiger partial charge is 0.489 e. The lowest BCUT2D eigenvalue weighted by atomic mass is 10.2. The van der Waals surface area contributed by atoms with Crippen molar-refractivity contribution in [3.63, 3.8) is 0 Å². The molecule has 1 aromatic heterocycles. The summed E-state index contributed by atoms with van der Waals surface area (Å²) < 4.78 is 10.9. The molecule has 0 aliphatic rings. The molecule has 0 saturated heterocycles. The van der Waals surface area contributed by atoms with Gasteiger partial charge in [0.2, 0.25) is 0 Å². The first-order valence-electron chi connectivity index (χ1n) is 7.24. The van der Waals surface area contributed by atoms with E-state index >= 15 is 0 Å². The molecule has 3 rings (SSSR count). The summed E-state index contributed by atoms with van der Waals surface area (Å²) in [7, 11) is 0. The van der Waals surface area contributed by atoms with Crippen molar-refractivity contribution < 1.29 is 13.9 Å². The van der Waals surface area contributed by atoms with Crippen LogP contribution in [0.3, 0.4) is 0 Å². The van der Waals surface area contributed by atoms with Crippen molar-refractivity contribution in [2.45, 2.75) is 6.61 Å². The topological polar surface area (TPSA) is 51.5 Å². The fourth-order valence-corrected chi connectivity index (χ4v) is 2.72. The van der Waals surface area contributed by atoms with Crippen molar-refractivity contribution in [3.05, 3.63) is 81.2 Å². The summed E-state index contributed by atoms with van der Waals surface area (Å²) in [6.45, 7) is 0.193. The van der Waals surface area contributed by atoms with Crippen LogP contribution in [0.5, 0.6) is 5.75 Å². The Balaban J connectivity index is 1.73. The third-order valence-corrected chi connectivity index (χ3v) is 4.38. The maximum atomic E-state index is 12.5. The van der Waals surface area contributed by atoms with E-state index in [1.807, 2.05) is 30.3 Å². The highest BCUT2D eigenvalue weighted by molar-refractivity contribution is 6.44. The molecule has 0 aliphatic heterocycles. The van der Waals surface area contributed by atoms with E-state index in [9.17, 15) is 4.79 Å². The third-order valence-electron chi connectivity index (χ3n) is 3.35. The second-order valence-electron chi connectivity index (χ2n) is 5.08. The van der Waals surface area contributed by atoms with Gasteiger partial charge in [-0.15, -0.1) is 0 Å². The Kier molecular flexibility index (Phi) is 5.53. The Hall–Kier alpha value is -2.14. The first-order chi connectivity index (χ1) is 12.0. The third kappa shape index (κ3) is 4.28. The minimum atomic E-state index is -0.461. The second kappa shape index (κ2) is 7.83. The van der Waals surface area contributed by atoms with E-state index in [-0.39, 0.29) is 22.4 Å². The van der Waals surface area contributed by atoms with E-state index in [1.54, 1.807) is 6.07 Å². The van der Waals surface area contributed by atoms with Crippen LogP contribution in [0.1, 0.15) is 16.1 Å². The number of carbonyl (C=O) groups is 1. The summed E-state index contributed by atoms with van der Waals surface area (Å²) in [6, 6.07) is 13.9. The summed E-state index contributed by atoms with van der Waals surface area (Å²) in [5, 5.41) is 3.52. The number of anilines is 1. The molecular weight excluding hydrogens is 385 g/mol. The summed E-state index contributed by atoms with van der Waals surface area (Å²) >= 11 is 17.9. The first-order valence-corrected chi connectivity index (χ1v) is 8.38. The average Bonchev–Trinajstić information content (AvgIpc) is 3.07. The molecule has 1 heterocycles. The number of halogens is 3. The van der Waals surface area contributed by atoms with Crippen LogP contribution >= 0.6 is 34.8 Å². The Labute approximate surface area is 159 Å². The fourth-order valence-electron chi connectivity index (χ4n) is 2.12. The molecule has 0 spiro atoms. The van der Waals surface area contributed by atoms with Gasteiger partial charge in [-0.05, 0) is 30.3 Å². The smallest absolute Gasteiger partial charge is 0.291 e. The number of furan rings is 1. The molecule has 0 unspecified atom stereocenters. The van der Waals surface area contributed by atoms with Crippen LogP contribution in [0.15, 0.2) is 59.2 Å². The van der Waals surface area contributed by atoms with Crippen LogP contribution in [0.25, 0.3) is 0 Å². The van der Waals surface area contributed by atoms with Crippen molar-refractivity contribution in [1.29, 1.82) is 0 Å². The van der Waals surface area contributed by atoms with Gasteiger partial charge < -0.3 is 14.5 Å². The van der Waals surface area contributed by atoms with Gasteiger partial charge in [-0.1, -0.05) is 53.0 Å². The normalized spacial score (nSPS) is 10.5. The van der Waals surface area contributed by atoms with E-state index in [0.717, 1.165) is 0 Å². The molecule has 0 radical (unpaired) electrons. The molecule has 4 nitrogen and oxygen atoms in total. The molecule has 0 aliphatic carbocycles. The number of para-hydroxylation sites is 1. The minimum absolute atomic E-state index is 0.137. The van der Waals surface area contributed by atoms with Crippen molar-refractivity contribution >= 4 is 46.4 Å². The van der Waals surface area contributed by atoms with Crippen LogP contribution < -0.4 is 10.1 Å². The summed E-state index contributed by atoms with van der Waals surface area (Å²) in [6.07, 6.45) is 1.43. The van der Waals surface area contributed by atoms with E-state index in [1.165, 1.54) is 18.4 Å². The first kappa shape index (κ1) is 17.7. The number of ether oxygens (including phenoxy) is 1. The summed E-state index contributed by atoms with van der Waals surface area (Å²) in [5.41, 5.74) is 0.949. The number of hydrogen-bond acceptors (Lipinski definition) is 3. The average molecular weight is 397 g/mol. The molecule has 0 bridgehead atoms. The van der Waals surface area contributed by atoms with E-state index in [2.05, 4.69) is 5.32 Å². The highest BCUT2D eigenvalue weighted by Crippen LogP contribution is 2.32. The van der Waals surface area contributed by atoms with Crippen molar-refractivity contribution in [2.75, 3.05) is 5.32 Å². The molecule has 25 heavy (non-hydrogen) atoms. The molecule has 7 heteroatoms. The predicted molar refractivity (Wildman–Crippen MR) is 98.9 cm³/mol. The molecule has 1 N–H and O–H groups in total. The maximum Gasteiger partial charge on any atom is 0.291 e. The molecule has 0 atom stereocenters. The van der Waals surface area contributed by atoms with Gasteiger partial charge in [0.15, 0.2) is 5.76 Å². The predicted octanol–water partition coefficient (Wildman–Crippen LogP) is 6.07. The molecule has 3 aromatic rings. The Morgan fingerprint density at radius 3 is 2.48 bits per heavy atom. The SMILES string of the molecule is O=C(Nc1cc(Cl)c(Cl)cc1Cl)c1occc1COc1ccccc1. The zero-order valence-corrected chi connectivity index (χ0v) is 15.0. The summed E-state index contributed by atoms with van der Waals surface area (Å²) in [4.78, 5) is 12.5. The van der Waals surface area contributed by atoms with Gasteiger partial charge in [0.25, 0.3) is 5.91 Å². The van der Waals surface area contributed by atoms with Gasteiger partial charge >= 0.3 is 0 Å². The van der Waals surface area contributed by atoms with E-state index in [4.69, 9.17) is 44.0 Å². The number of amides is 1. The molecule has 0 saturated carbocycles. The van der Waals surface area contributed by atoms with Gasteiger partial charge in [-0.25, -0.2) is 0 Å². The molecule has 128 valence electrons. The van der Waals surface area contributed by atoms with Gasteiger partial charge in [-0.2, -0.15) is 0 Å². The lowest BCUT2D eigenvalue weighted by Crippen LogP contribution is -2.14. The van der Waals surface area contributed by atoms with Crippen molar-refractivity contribution in [2.24, 2.45) is 0 Å². The number of rotatable bonds is 5. The van der Waals surface area contributed by atoms with E-state index < -0.39 is 5.91 Å². The molecule has 2 aromatic carbocycles. The molecule has 0 fully saturated rings. The van der Waals surface area contributed by atoms with Crippen LogP contribution in [0.4, 0.5) is 5.69 Å². The second-order valence-corrected chi connectivity index (χ2v) is 6.30. The standard InChI is InChI=1S/C18H12Cl3NO3/c19-13-8-15(21)16(9-14(13)20)22-18(23)17-11(6-7-24-17)10-25-12-4-2-1-3-5-12/h1-9H,10H2,(H,22,23). The number of nitrogens with one attached hydrogen (secondary N) is 1. The van der Waals surface area contributed by atoms with Crippen molar-refractivity contribution in [3.8, 4) is 5.75 Å². The maximum absolute atomic E-state index is 12.5. The minimum Gasteiger partial charge on any atom is -0.489 e. The number of hydrogen-bond donors (Lipinski definition) is 1. The van der Waals surface area contributed by atoms with Gasteiger partial charge in [0.1, 0.15) is 12.4 Å². The summed E-state index contributed by atoms with van der Waals surface area (Å²) in [5.74, 6) is 0.373. The Morgan fingerprint density at radius 2 is 1.72 bits per heavy atom. The highest BCUT2D eigenvalue weighted by atomic mass is 35.5. The highest BCUT2D eigenvalue weighted by Gasteiger charge is 2.18. The molecule has 1 amide bonds. The lowest BCUT2D eigenvalue weighted by molar-refractivity contribution is 0.0993. The Bertz CT molecular complexity index is 894. The Morgan fingerprint density at radius 1 is 1.00 bits per heavy atom. The quantitative estimate of drug-likeness (QED) is 0.532. The number of carbonyl (C=O) groups excluding carboxylic acids is 1. The zero-order valence-electron chi connectivity index (χ0n) is 12.8. The van der Waals surface area contributed by atoms with Crippen LogP contribution in [-0.2, 0) is 6.61 Å². The van der Waals surface area contributed by atoms with Crippen LogP contribution in [0.2, 0.25) is 15.1 Å². The van der Waals surface area contributed by atoms with Crippen LogP contribution in [0, 0.1) is 0 Å². The van der Waals surface area contributed by atoms with Gasteiger partial charge in [0.05, 0.1) is 27.0 Å². The van der Waals surface area contributed by atoms with Crippen molar-refractivity contribution in [1.82, 2.24) is 0 Å². The van der Waals surface area contributed by atoms with Gasteiger partial charge in [-0.3, -0.25) is 4.79 Å². The van der Waals surface area contributed by atoms with Crippen LogP contribution in [-0.4, -0.2) is 5.91 Å². The molecular formula is C18H12Cl3NO3. The lowest BCUT2D eigenvalue weighted by Gasteiger charge is -2.09. The fraction of sp³-hybridized carbons (Fsp3) is 0.0556. The monoisotopic (exact) mass is 395 g/mol. The number of benzene rings is 2. The zero-order chi connectivity index (χ0) is 17.8. The van der Waals surface area contributed by atoms with E-state index in [0.29, 0.717) is 22.0 Å².